The topological polar surface area (TPSA) is 29.9 Å². The van der Waals surface area contributed by atoms with E-state index in [0.717, 1.165) is 17.8 Å². The number of thiophene rings is 1. The summed E-state index contributed by atoms with van der Waals surface area (Å²) in [6.45, 7) is 6.96. The zero-order valence-corrected chi connectivity index (χ0v) is 14.5. The fourth-order valence-corrected chi connectivity index (χ4v) is 3.91. The number of hydrogen-bond acceptors (Lipinski definition) is 3. The van der Waals surface area contributed by atoms with Gasteiger partial charge in [0, 0.05) is 11.6 Å². The van der Waals surface area contributed by atoms with Gasteiger partial charge in [-0.15, -0.1) is 11.3 Å². The van der Waals surface area contributed by atoms with Gasteiger partial charge in [-0.05, 0) is 26.5 Å². The molecule has 1 unspecified atom stereocenters. The Hall–Kier alpha value is -0.260. The predicted octanol–water partition coefficient (Wildman–Crippen LogP) is 5.18. The van der Waals surface area contributed by atoms with Crippen molar-refractivity contribution in [3.63, 3.8) is 0 Å². The zero-order valence-electron chi connectivity index (χ0n) is 11.5. The van der Waals surface area contributed by atoms with Crippen molar-refractivity contribution in [2.45, 2.75) is 32.9 Å². The largest absolute Gasteiger partial charge is 0.305 e. The first-order valence-corrected chi connectivity index (χ1v) is 8.31. The lowest BCUT2D eigenvalue weighted by atomic mass is 10.1. The second-order valence-electron chi connectivity index (χ2n) is 4.69. The van der Waals surface area contributed by atoms with E-state index in [2.05, 4.69) is 24.3 Å². The van der Waals surface area contributed by atoms with Crippen LogP contribution < -0.4 is 5.32 Å². The van der Waals surface area contributed by atoms with Gasteiger partial charge >= 0.3 is 0 Å². The lowest BCUT2D eigenvalue weighted by Gasteiger charge is -2.21. The number of rotatable bonds is 5. The summed E-state index contributed by atoms with van der Waals surface area (Å²) in [5.74, 6) is 0. The molecule has 0 aromatic carbocycles. The number of aromatic nitrogens is 2. The molecule has 0 fully saturated rings. The van der Waals surface area contributed by atoms with Crippen molar-refractivity contribution in [1.82, 2.24) is 15.1 Å². The van der Waals surface area contributed by atoms with Crippen LogP contribution in [0.25, 0.3) is 0 Å². The molecular formula is C13H16Cl3N3S. The number of nitrogens with zero attached hydrogens (tertiary/aromatic N) is 2. The van der Waals surface area contributed by atoms with Gasteiger partial charge < -0.3 is 5.32 Å². The molecule has 0 spiro atoms. The third-order valence-electron chi connectivity index (χ3n) is 2.95. The van der Waals surface area contributed by atoms with Crippen molar-refractivity contribution in [2.75, 3.05) is 6.54 Å². The van der Waals surface area contributed by atoms with Gasteiger partial charge in [0.2, 0.25) is 0 Å². The van der Waals surface area contributed by atoms with Crippen LogP contribution in [0.3, 0.4) is 0 Å². The highest BCUT2D eigenvalue weighted by Gasteiger charge is 2.25. The predicted molar refractivity (Wildman–Crippen MR) is 87.5 cm³/mol. The van der Waals surface area contributed by atoms with Gasteiger partial charge in [0.05, 0.1) is 31.6 Å². The maximum Gasteiger partial charge on any atom is 0.0996 e. The highest BCUT2D eigenvalue weighted by Crippen LogP contribution is 2.39. The molecule has 0 radical (unpaired) electrons. The Bertz CT molecular complexity index is 592. The standard InChI is InChI=1S/C13H16Cl3N3S/c1-4-17-11(8-5-10(15)20-13(8)16)12-9(14)6-18-19(12)7(2)3/h5-7,11,17H,4H2,1-3H3. The molecule has 0 saturated carbocycles. The van der Waals surface area contributed by atoms with Crippen LogP contribution in [0.4, 0.5) is 0 Å². The fraction of sp³-hybridized carbons (Fsp3) is 0.462. The molecule has 20 heavy (non-hydrogen) atoms. The smallest absolute Gasteiger partial charge is 0.0996 e. The van der Waals surface area contributed by atoms with Crippen molar-refractivity contribution >= 4 is 46.1 Å². The molecule has 3 nitrogen and oxygen atoms in total. The maximum absolute atomic E-state index is 6.33. The molecule has 0 aliphatic rings. The summed E-state index contributed by atoms with van der Waals surface area (Å²) in [5.41, 5.74) is 1.85. The molecule has 2 aromatic heterocycles. The van der Waals surface area contributed by atoms with Crippen LogP contribution in [-0.4, -0.2) is 16.3 Å². The average molecular weight is 353 g/mol. The Kier molecular flexibility index (Phi) is 5.37. The monoisotopic (exact) mass is 351 g/mol. The van der Waals surface area contributed by atoms with E-state index in [4.69, 9.17) is 34.8 Å². The van der Waals surface area contributed by atoms with E-state index in [-0.39, 0.29) is 12.1 Å². The van der Waals surface area contributed by atoms with Gasteiger partial charge in [-0.1, -0.05) is 41.7 Å². The molecular weight excluding hydrogens is 337 g/mol. The summed E-state index contributed by atoms with van der Waals surface area (Å²) in [6, 6.07) is 1.98. The Labute approximate surface area is 137 Å². The minimum absolute atomic E-state index is 0.117. The maximum atomic E-state index is 6.33. The average Bonchev–Trinajstić information content (AvgIpc) is 2.90. The lowest BCUT2D eigenvalue weighted by molar-refractivity contribution is 0.477. The molecule has 1 atom stereocenters. The van der Waals surface area contributed by atoms with Gasteiger partial charge in [0.1, 0.15) is 0 Å². The van der Waals surface area contributed by atoms with E-state index in [9.17, 15) is 0 Å². The van der Waals surface area contributed by atoms with Gasteiger partial charge in [-0.25, -0.2) is 0 Å². The SMILES string of the molecule is CCNC(c1cc(Cl)sc1Cl)c1c(Cl)cnn1C(C)C. The number of hydrogen-bond donors (Lipinski definition) is 1. The summed E-state index contributed by atoms with van der Waals surface area (Å²) in [6.07, 6.45) is 1.67. The van der Waals surface area contributed by atoms with Gasteiger partial charge in [-0.3, -0.25) is 4.68 Å². The second-order valence-corrected chi connectivity index (χ2v) is 7.38. The normalized spacial score (nSPS) is 13.2. The van der Waals surface area contributed by atoms with Crippen molar-refractivity contribution < 1.29 is 0 Å². The second kappa shape index (κ2) is 6.67. The Morgan fingerprint density at radius 2 is 2.05 bits per heavy atom. The molecule has 0 aliphatic carbocycles. The van der Waals surface area contributed by atoms with Gasteiger partial charge in [-0.2, -0.15) is 5.10 Å². The quantitative estimate of drug-likeness (QED) is 0.803. The lowest BCUT2D eigenvalue weighted by Crippen LogP contribution is -2.25. The molecule has 2 rings (SSSR count). The van der Waals surface area contributed by atoms with Gasteiger partial charge in [0.25, 0.3) is 0 Å². The Morgan fingerprint density at radius 1 is 1.35 bits per heavy atom. The fourth-order valence-electron chi connectivity index (χ4n) is 2.14. The molecule has 2 aromatic rings. The third-order valence-corrected chi connectivity index (χ3v) is 4.76. The van der Waals surface area contributed by atoms with E-state index in [1.165, 1.54) is 11.3 Å². The first kappa shape index (κ1) is 16.1. The third kappa shape index (κ3) is 3.15. The van der Waals surface area contributed by atoms with Crippen LogP contribution in [0.1, 0.15) is 44.1 Å². The van der Waals surface area contributed by atoms with Crippen LogP contribution in [0.5, 0.6) is 0 Å². The van der Waals surface area contributed by atoms with Crippen molar-refractivity contribution in [2.24, 2.45) is 0 Å². The Balaban J connectivity index is 2.54. The molecule has 2 heterocycles. The van der Waals surface area contributed by atoms with E-state index >= 15 is 0 Å². The number of halogens is 3. The summed E-state index contributed by atoms with van der Waals surface area (Å²) in [7, 11) is 0. The van der Waals surface area contributed by atoms with E-state index in [1.54, 1.807) is 6.20 Å². The van der Waals surface area contributed by atoms with Crippen molar-refractivity contribution in [3.05, 3.63) is 37.2 Å². The van der Waals surface area contributed by atoms with Crippen molar-refractivity contribution in [1.29, 1.82) is 0 Å². The van der Waals surface area contributed by atoms with E-state index < -0.39 is 0 Å². The highest BCUT2D eigenvalue weighted by atomic mass is 35.5. The van der Waals surface area contributed by atoms with Crippen LogP contribution in [0, 0.1) is 0 Å². The van der Waals surface area contributed by atoms with Crippen molar-refractivity contribution in [3.8, 4) is 0 Å². The molecule has 110 valence electrons. The Morgan fingerprint density at radius 3 is 2.55 bits per heavy atom. The summed E-state index contributed by atoms with van der Waals surface area (Å²) in [5, 5.41) is 8.39. The first-order valence-electron chi connectivity index (χ1n) is 6.36. The summed E-state index contributed by atoms with van der Waals surface area (Å²) in [4.78, 5) is 0. The highest BCUT2D eigenvalue weighted by molar-refractivity contribution is 7.20. The van der Waals surface area contributed by atoms with Gasteiger partial charge in [0.15, 0.2) is 0 Å². The van der Waals surface area contributed by atoms with E-state index in [1.807, 2.05) is 17.7 Å². The van der Waals surface area contributed by atoms with Crippen LogP contribution in [-0.2, 0) is 0 Å². The molecule has 7 heteroatoms. The molecule has 0 amide bonds. The minimum Gasteiger partial charge on any atom is -0.305 e. The van der Waals surface area contributed by atoms with E-state index in [0.29, 0.717) is 13.7 Å². The molecule has 0 aliphatic heterocycles. The number of nitrogens with one attached hydrogen (secondary N) is 1. The van der Waals surface area contributed by atoms with Crippen LogP contribution in [0.15, 0.2) is 12.3 Å². The molecule has 1 N–H and O–H groups in total. The molecule has 0 saturated heterocycles. The summed E-state index contributed by atoms with van der Waals surface area (Å²) >= 11 is 20.1. The minimum atomic E-state index is -0.117. The van der Waals surface area contributed by atoms with Crippen LogP contribution in [0.2, 0.25) is 13.7 Å². The molecule has 0 bridgehead atoms. The summed E-state index contributed by atoms with van der Waals surface area (Å²) < 4.78 is 3.26. The zero-order chi connectivity index (χ0) is 14.9. The van der Waals surface area contributed by atoms with Crippen LogP contribution >= 0.6 is 46.1 Å². The first-order chi connectivity index (χ1) is 9.45.